The third-order valence-electron chi connectivity index (χ3n) is 4.51. The molecule has 1 atom stereocenters. The minimum Gasteiger partial charge on any atom is -0.416 e. The Morgan fingerprint density at radius 3 is 2.24 bits per heavy atom. The predicted molar refractivity (Wildman–Crippen MR) is 82.5 cm³/mol. The predicted octanol–water partition coefficient (Wildman–Crippen LogP) is 3.57. The summed E-state index contributed by atoms with van der Waals surface area (Å²) in [5.74, 6) is 0. The molecule has 5 heteroatoms. The summed E-state index contributed by atoms with van der Waals surface area (Å²) in [5.41, 5.74) is 2.18. The van der Waals surface area contributed by atoms with E-state index in [-0.39, 0.29) is 5.60 Å². The summed E-state index contributed by atoms with van der Waals surface area (Å²) in [7, 11) is -4.95. The Balaban J connectivity index is 3.29. The Morgan fingerprint density at radius 2 is 1.82 bits per heavy atom. The molecule has 1 rings (SSSR count). The zero-order valence-corrected chi connectivity index (χ0v) is 15.5. The van der Waals surface area contributed by atoms with Crippen LogP contribution in [0.1, 0.15) is 20.8 Å². The highest BCUT2D eigenvalue weighted by Gasteiger charge is 2.65. The fourth-order valence-electron chi connectivity index (χ4n) is 3.09. The minimum atomic E-state index is -1.82. The van der Waals surface area contributed by atoms with E-state index in [0.29, 0.717) is 0 Å². The van der Waals surface area contributed by atoms with Crippen molar-refractivity contribution >= 4 is 22.8 Å². The second-order valence-corrected chi connectivity index (χ2v) is 31.2. The van der Waals surface area contributed by atoms with Gasteiger partial charge < -0.3 is 8.85 Å². The van der Waals surface area contributed by atoms with Gasteiger partial charge in [0.1, 0.15) is 7.11 Å². The van der Waals surface area contributed by atoms with Gasteiger partial charge in [0.05, 0.1) is 5.60 Å². The smallest absolute Gasteiger partial charge is 0.205 e. The SMILES string of the molecule is C=C[Si]1(OCC)CC(C)(C)O[Si](C)(C)[Si]1(C)C. The first kappa shape index (κ1) is 15.4. The van der Waals surface area contributed by atoms with E-state index < -0.39 is 22.8 Å². The van der Waals surface area contributed by atoms with Crippen LogP contribution in [0.2, 0.25) is 32.2 Å². The Labute approximate surface area is 109 Å². The lowest BCUT2D eigenvalue weighted by molar-refractivity contribution is 0.115. The van der Waals surface area contributed by atoms with Gasteiger partial charge in [0.25, 0.3) is 0 Å². The lowest BCUT2D eigenvalue weighted by atomic mass is 10.2. The molecular formula is C12H28O2Si3. The van der Waals surface area contributed by atoms with E-state index in [1.54, 1.807) is 0 Å². The van der Waals surface area contributed by atoms with Gasteiger partial charge in [-0.25, -0.2) is 0 Å². The molecule has 0 aromatic rings. The molecule has 0 spiro atoms. The fourth-order valence-corrected chi connectivity index (χ4v) is 31.8. The van der Waals surface area contributed by atoms with E-state index in [1.807, 2.05) is 0 Å². The van der Waals surface area contributed by atoms with Gasteiger partial charge in [-0.3, -0.25) is 0 Å². The summed E-state index contributed by atoms with van der Waals surface area (Å²) in [4.78, 5) is 0. The first-order valence-corrected chi connectivity index (χ1v) is 16.6. The molecule has 17 heavy (non-hydrogen) atoms. The summed E-state index contributed by atoms with van der Waals surface area (Å²) >= 11 is 0. The van der Waals surface area contributed by atoms with Crippen LogP contribution in [0.25, 0.3) is 0 Å². The Bertz CT molecular complexity index is 313. The highest BCUT2D eigenvalue weighted by molar-refractivity contribution is 7.67. The van der Waals surface area contributed by atoms with Crippen LogP contribution < -0.4 is 0 Å². The van der Waals surface area contributed by atoms with Crippen molar-refractivity contribution in [3.8, 4) is 0 Å². The molecule has 0 saturated carbocycles. The highest BCUT2D eigenvalue weighted by atomic mass is 29.7. The summed E-state index contributed by atoms with van der Waals surface area (Å²) < 4.78 is 12.8. The molecule has 100 valence electrons. The summed E-state index contributed by atoms with van der Waals surface area (Å²) in [6, 6.07) is 1.08. The van der Waals surface area contributed by atoms with Crippen molar-refractivity contribution in [3.63, 3.8) is 0 Å². The van der Waals surface area contributed by atoms with Crippen LogP contribution in [0.4, 0.5) is 0 Å². The molecule has 0 bridgehead atoms. The van der Waals surface area contributed by atoms with Gasteiger partial charge in [-0.05, 0) is 39.9 Å². The molecule has 1 aliphatic heterocycles. The van der Waals surface area contributed by atoms with E-state index in [2.05, 4.69) is 59.2 Å². The Kier molecular flexibility index (Phi) is 4.02. The van der Waals surface area contributed by atoms with Crippen LogP contribution in [-0.4, -0.2) is 35.0 Å². The van der Waals surface area contributed by atoms with Crippen molar-refractivity contribution in [2.45, 2.75) is 58.6 Å². The van der Waals surface area contributed by atoms with Crippen molar-refractivity contribution in [1.82, 2.24) is 0 Å². The van der Waals surface area contributed by atoms with E-state index in [9.17, 15) is 0 Å². The average molecular weight is 289 g/mol. The standard InChI is InChI=1S/C12H28O2Si3/c1-9-13-17(10-2)11-12(3,4)14-15(5,6)16(17,7)8/h10H,2,9,11H2,1,3-8H3. The molecule has 0 aliphatic carbocycles. The molecule has 0 N–H and O–H groups in total. The topological polar surface area (TPSA) is 18.5 Å². The fraction of sp³-hybridized carbons (Fsp3) is 0.833. The average Bonchev–Trinajstić information content (AvgIpc) is 2.12. The minimum absolute atomic E-state index is 0.0339. The van der Waals surface area contributed by atoms with E-state index in [0.717, 1.165) is 12.7 Å². The summed E-state index contributed by atoms with van der Waals surface area (Å²) in [6.07, 6.45) is 0. The molecular weight excluding hydrogens is 260 g/mol. The largest absolute Gasteiger partial charge is 0.416 e. The maximum absolute atomic E-state index is 6.49. The van der Waals surface area contributed by atoms with Crippen LogP contribution in [-0.2, 0) is 8.85 Å². The normalized spacial score (nSPS) is 34.3. The summed E-state index contributed by atoms with van der Waals surface area (Å²) in [6.45, 7) is 21.2. The van der Waals surface area contributed by atoms with Crippen LogP contribution in [0.5, 0.6) is 0 Å². The van der Waals surface area contributed by atoms with Crippen LogP contribution in [0, 0.1) is 0 Å². The lowest BCUT2D eigenvalue weighted by Gasteiger charge is -2.57. The van der Waals surface area contributed by atoms with Crippen molar-refractivity contribution in [3.05, 3.63) is 12.3 Å². The zero-order chi connectivity index (χ0) is 13.5. The third-order valence-corrected chi connectivity index (χ3v) is 40.0. The van der Waals surface area contributed by atoms with Gasteiger partial charge in [-0.15, -0.1) is 6.58 Å². The van der Waals surface area contributed by atoms with Crippen LogP contribution in [0.3, 0.4) is 0 Å². The van der Waals surface area contributed by atoms with Crippen molar-refractivity contribution < 1.29 is 8.85 Å². The van der Waals surface area contributed by atoms with Crippen LogP contribution >= 0.6 is 0 Å². The zero-order valence-electron chi connectivity index (χ0n) is 12.5. The van der Waals surface area contributed by atoms with Gasteiger partial charge in [0.2, 0.25) is 7.83 Å². The van der Waals surface area contributed by atoms with E-state index >= 15 is 0 Å². The second-order valence-electron chi connectivity index (χ2n) is 6.70. The Hall–Kier alpha value is 0.311. The number of hydrogen-bond donors (Lipinski definition) is 0. The van der Waals surface area contributed by atoms with Crippen LogP contribution in [0.15, 0.2) is 12.3 Å². The Morgan fingerprint density at radius 1 is 1.29 bits per heavy atom. The van der Waals surface area contributed by atoms with Crippen molar-refractivity contribution in [1.29, 1.82) is 0 Å². The molecule has 1 fully saturated rings. The maximum atomic E-state index is 6.49. The molecule has 0 amide bonds. The molecule has 2 nitrogen and oxygen atoms in total. The first-order valence-electron chi connectivity index (χ1n) is 6.51. The molecule has 0 radical (unpaired) electrons. The maximum Gasteiger partial charge on any atom is 0.205 e. The molecule has 1 saturated heterocycles. The quantitative estimate of drug-likeness (QED) is 0.739. The molecule has 1 unspecified atom stereocenters. The summed E-state index contributed by atoms with van der Waals surface area (Å²) in [5, 5.41) is 0. The third kappa shape index (κ3) is 2.40. The lowest BCUT2D eigenvalue weighted by Crippen LogP contribution is -2.80. The van der Waals surface area contributed by atoms with E-state index in [4.69, 9.17) is 8.85 Å². The van der Waals surface area contributed by atoms with Crippen molar-refractivity contribution in [2.75, 3.05) is 6.61 Å². The van der Waals surface area contributed by atoms with Gasteiger partial charge >= 0.3 is 0 Å². The molecule has 0 aromatic carbocycles. The number of hydrogen-bond acceptors (Lipinski definition) is 2. The van der Waals surface area contributed by atoms with Gasteiger partial charge in [-0.2, -0.15) is 0 Å². The van der Waals surface area contributed by atoms with Gasteiger partial charge in [0, 0.05) is 6.61 Å². The molecule has 0 aromatic heterocycles. The second kappa shape index (κ2) is 4.45. The van der Waals surface area contributed by atoms with Gasteiger partial charge in [0.15, 0.2) is 7.83 Å². The molecule has 1 heterocycles. The van der Waals surface area contributed by atoms with Gasteiger partial charge in [-0.1, -0.05) is 18.8 Å². The van der Waals surface area contributed by atoms with Crippen molar-refractivity contribution in [2.24, 2.45) is 0 Å². The highest BCUT2D eigenvalue weighted by Crippen LogP contribution is 2.44. The monoisotopic (exact) mass is 288 g/mol. The number of rotatable bonds is 3. The molecule has 1 aliphatic rings. The van der Waals surface area contributed by atoms with E-state index in [1.165, 1.54) is 0 Å². The first-order chi connectivity index (χ1) is 7.54.